The summed E-state index contributed by atoms with van der Waals surface area (Å²) in [6, 6.07) is 6.59. The summed E-state index contributed by atoms with van der Waals surface area (Å²) in [5.74, 6) is -0.504. The molecule has 2 heterocycles. The van der Waals surface area contributed by atoms with Crippen LogP contribution in [0.25, 0.3) is 0 Å². The molecule has 1 fully saturated rings. The Labute approximate surface area is 156 Å². The molecule has 0 spiro atoms. The van der Waals surface area contributed by atoms with Crippen LogP contribution in [0, 0.1) is 0 Å². The van der Waals surface area contributed by atoms with Crippen LogP contribution in [-0.2, 0) is 21.7 Å². The highest BCUT2D eigenvalue weighted by molar-refractivity contribution is 6.06. The van der Waals surface area contributed by atoms with Gasteiger partial charge in [-0.1, -0.05) is 12.1 Å². The smallest absolute Gasteiger partial charge is 0.324 e. The Morgan fingerprint density at radius 1 is 1.22 bits per heavy atom. The summed E-state index contributed by atoms with van der Waals surface area (Å²) >= 11 is 0. The highest BCUT2D eigenvalue weighted by Crippen LogP contribution is 2.21. The third kappa shape index (κ3) is 3.53. The molecule has 2 N–H and O–H groups in total. The Balaban J connectivity index is 1.67. The lowest BCUT2D eigenvalue weighted by atomic mass is 10.0. The molecule has 3 rings (SSSR count). The molecule has 0 saturated carbocycles. The van der Waals surface area contributed by atoms with Crippen molar-refractivity contribution in [3.8, 4) is 0 Å². The van der Waals surface area contributed by atoms with Crippen molar-refractivity contribution < 1.29 is 14.4 Å². The fourth-order valence-corrected chi connectivity index (χ4v) is 2.72. The van der Waals surface area contributed by atoms with Gasteiger partial charge in [-0.25, -0.2) is 14.5 Å². The van der Waals surface area contributed by atoms with Gasteiger partial charge in [-0.3, -0.25) is 14.5 Å². The van der Waals surface area contributed by atoms with E-state index in [0.29, 0.717) is 5.69 Å². The number of nitrogens with one attached hydrogen (secondary N) is 2. The second-order valence-corrected chi connectivity index (χ2v) is 7.50. The zero-order valence-electron chi connectivity index (χ0n) is 15.7. The second kappa shape index (κ2) is 6.49. The Bertz CT molecular complexity index is 871. The normalized spacial score (nSPS) is 16.4. The average Bonchev–Trinajstić information content (AvgIpc) is 3.20. The molecule has 142 valence electrons. The van der Waals surface area contributed by atoms with E-state index in [2.05, 4.69) is 20.7 Å². The van der Waals surface area contributed by atoms with Crippen molar-refractivity contribution in [2.45, 2.75) is 45.3 Å². The number of benzene rings is 1. The van der Waals surface area contributed by atoms with Crippen molar-refractivity contribution in [2.24, 2.45) is 0 Å². The quantitative estimate of drug-likeness (QED) is 0.775. The van der Waals surface area contributed by atoms with Gasteiger partial charge < -0.3 is 10.6 Å². The van der Waals surface area contributed by atoms with Crippen molar-refractivity contribution in [2.75, 3.05) is 5.32 Å². The van der Waals surface area contributed by atoms with Gasteiger partial charge in [0.05, 0.1) is 6.54 Å². The van der Waals surface area contributed by atoms with Crippen molar-refractivity contribution >= 4 is 23.5 Å². The molecule has 1 aromatic heterocycles. The molecule has 27 heavy (non-hydrogen) atoms. The number of amides is 4. The molecule has 2 aromatic rings. The van der Waals surface area contributed by atoms with Crippen LogP contribution in [0.4, 0.5) is 10.5 Å². The van der Waals surface area contributed by atoms with Gasteiger partial charge in [0.15, 0.2) is 0 Å². The van der Waals surface area contributed by atoms with E-state index in [1.165, 1.54) is 22.2 Å². The zero-order chi connectivity index (χ0) is 19.8. The number of hydrogen-bond donors (Lipinski definition) is 2. The van der Waals surface area contributed by atoms with Gasteiger partial charge in [-0.15, -0.1) is 0 Å². The first-order chi connectivity index (χ1) is 12.6. The maximum absolute atomic E-state index is 12.5. The van der Waals surface area contributed by atoms with Crippen molar-refractivity contribution in [1.82, 2.24) is 25.0 Å². The molecule has 0 atom stereocenters. The Morgan fingerprint density at radius 2 is 1.89 bits per heavy atom. The molecule has 1 aliphatic heterocycles. The Kier molecular flexibility index (Phi) is 4.46. The monoisotopic (exact) mass is 370 g/mol. The number of imide groups is 1. The van der Waals surface area contributed by atoms with E-state index in [-0.39, 0.29) is 18.4 Å². The first-order valence-corrected chi connectivity index (χ1v) is 8.51. The van der Waals surface area contributed by atoms with Crippen LogP contribution in [-0.4, -0.2) is 43.0 Å². The number of anilines is 1. The van der Waals surface area contributed by atoms with Gasteiger partial charge in [0.2, 0.25) is 0 Å². The standard InChI is InChI=1S/C18H22N6O3/c1-17(2)15(26)23(16(27)22-17)9-12-5-7-13(8-6-12)21-14(25)18(3,4)24-11-19-10-20-24/h5-8,10-11H,9H2,1-4H3,(H,21,25)(H,22,27). The van der Waals surface area contributed by atoms with Crippen LogP contribution in [0.2, 0.25) is 0 Å². The van der Waals surface area contributed by atoms with Crippen LogP contribution in [0.5, 0.6) is 0 Å². The highest BCUT2D eigenvalue weighted by atomic mass is 16.2. The predicted molar refractivity (Wildman–Crippen MR) is 97.6 cm³/mol. The van der Waals surface area contributed by atoms with E-state index in [9.17, 15) is 14.4 Å². The first kappa shape index (κ1) is 18.6. The van der Waals surface area contributed by atoms with E-state index in [4.69, 9.17) is 0 Å². The second-order valence-electron chi connectivity index (χ2n) is 7.50. The van der Waals surface area contributed by atoms with Gasteiger partial charge in [0, 0.05) is 5.69 Å². The molecule has 4 amide bonds. The zero-order valence-corrected chi connectivity index (χ0v) is 15.7. The summed E-state index contributed by atoms with van der Waals surface area (Å²) in [5.41, 5.74) is -0.405. The Hall–Kier alpha value is -3.23. The maximum Gasteiger partial charge on any atom is 0.325 e. The average molecular weight is 370 g/mol. The van der Waals surface area contributed by atoms with Gasteiger partial charge in [-0.05, 0) is 45.4 Å². The Morgan fingerprint density at radius 3 is 2.41 bits per heavy atom. The molecule has 9 heteroatoms. The first-order valence-electron chi connectivity index (χ1n) is 8.51. The largest absolute Gasteiger partial charge is 0.325 e. The number of nitrogens with zero attached hydrogens (tertiary/aromatic N) is 4. The number of aromatic nitrogens is 3. The summed E-state index contributed by atoms with van der Waals surface area (Å²) in [4.78, 5) is 41.8. The fourth-order valence-electron chi connectivity index (χ4n) is 2.72. The van der Waals surface area contributed by atoms with Gasteiger partial charge in [0.25, 0.3) is 11.8 Å². The maximum atomic E-state index is 12.5. The minimum atomic E-state index is -0.902. The van der Waals surface area contributed by atoms with E-state index in [1.807, 2.05) is 0 Å². The van der Waals surface area contributed by atoms with E-state index in [1.54, 1.807) is 52.0 Å². The summed E-state index contributed by atoms with van der Waals surface area (Å²) in [5, 5.41) is 9.50. The van der Waals surface area contributed by atoms with Crippen LogP contribution in [0.3, 0.4) is 0 Å². The lowest BCUT2D eigenvalue weighted by molar-refractivity contribution is -0.130. The van der Waals surface area contributed by atoms with Gasteiger partial charge in [0.1, 0.15) is 23.7 Å². The summed E-state index contributed by atoms with van der Waals surface area (Å²) in [6.07, 6.45) is 2.86. The molecule has 0 unspecified atom stereocenters. The predicted octanol–water partition coefficient (Wildman–Crippen LogP) is 1.48. The summed E-state index contributed by atoms with van der Waals surface area (Å²) < 4.78 is 1.48. The number of urea groups is 1. The molecular weight excluding hydrogens is 348 g/mol. The van der Waals surface area contributed by atoms with E-state index in [0.717, 1.165) is 5.56 Å². The van der Waals surface area contributed by atoms with Crippen LogP contribution in [0.1, 0.15) is 33.3 Å². The lowest BCUT2D eigenvalue weighted by Gasteiger charge is -2.23. The molecular formula is C18H22N6O3. The SMILES string of the molecule is CC1(C)NC(=O)N(Cc2ccc(NC(=O)C(C)(C)n3cncn3)cc2)C1=O. The minimum absolute atomic E-state index is 0.173. The molecule has 0 aliphatic carbocycles. The summed E-state index contributed by atoms with van der Waals surface area (Å²) in [7, 11) is 0. The molecule has 0 radical (unpaired) electrons. The molecule has 1 saturated heterocycles. The van der Waals surface area contributed by atoms with Gasteiger partial charge in [-0.2, -0.15) is 5.10 Å². The van der Waals surface area contributed by atoms with E-state index >= 15 is 0 Å². The van der Waals surface area contributed by atoms with Crippen molar-refractivity contribution in [1.29, 1.82) is 0 Å². The number of rotatable bonds is 5. The van der Waals surface area contributed by atoms with Gasteiger partial charge >= 0.3 is 6.03 Å². The highest BCUT2D eigenvalue weighted by Gasteiger charge is 2.44. The molecule has 1 aromatic carbocycles. The fraction of sp³-hybridized carbons (Fsp3) is 0.389. The van der Waals surface area contributed by atoms with Crippen LogP contribution in [0.15, 0.2) is 36.9 Å². The van der Waals surface area contributed by atoms with Crippen molar-refractivity contribution in [3.63, 3.8) is 0 Å². The number of carbonyl (C=O) groups is 3. The molecule has 1 aliphatic rings. The van der Waals surface area contributed by atoms with Crippen LogP contribution < -0.4 is 10.6 Å². The summed E-state index contributed by atoms with van der Waals surface area (Å²) in [6.45, 7) is 6.99. The molecule has 9 nitrogen and oxygen atoms in total. The lowest BCUT2D eigenvalue weighted by Crippen LogP contribution is -2.40. The van der Waals surface area contributed by atoms with Crippen molar-refractivity contribution in [3.05, 3.63) is 42.5 Å². The number of hydrogen-bond acceptors (Lipinski definition) is 5. The third-order valence-corrected chi connectivity index (χ3v) is 4.54. The minimum Gasteiger partial charge on any atom is -0.324 e. The topological polar surface area (TPSA) is 109 Å². The van der Waals surface area contributed by atoms with E-state index < -0.39 is 17.1 Å². The van der Waals surface area contributed by atoms with Crippen LogP contribution >= 0.6 is 0 Å². The molecule has 0 bridgehead atoms. The number of carbonyl (C=O) groups excluding carboxylic acids is 3. The third-order valence-electron chi connectivity index (χ3n) is 4.54.